The molecule has 3 aromatic heterocycles. The Kier molecular flexibility index (Phi) is 3.99. The van der Waals surface area contributed by atoms with E-state index in [9.17, 15) is 4.79 Å². The van der Waals surface area contributed by atoms with Crippen LogP contribution in [0.4, 0.5) is 5.95 Å². The molecule has 3 N–H and O–H groups in total. The average Bonchev–Trinajstić information content (AvgIpc) is 2.81. The number of aromatic amines is 1. The normalized spacial score (nSPS) is 10.4. The molecule has 0 radical (unpaired) electrons. The summed E-state index contributed by atoms with van der Waals surface area (Å²) in [7, 11) is 0. The van der Waals surface area contributed by atoms with E-state index in [1.54, 1.807) is 12.5 Å². The van der Waals surface area contributed by atoms with E-state index < -0.39 is 0 Å². The monoisotopic (exact) mass is 292 g/mol. The Morgan fingerprint density at radius 1 is 1.40 bits per heavy atom. The van der Waals surface area contributed by atoms with Crippen LogP contribution in [0.15, 0.2) is 35.6 Å². The van der Waals surface area contributed by atoms with Crippen molar-refractivity contribution in [2.24, 2.45) is 0 Å². The molecule has 104 valence electrons. The molecular weight excluding hydrogens is 280 g/mol. The van der Waals surface area contributed by atoms with Crippen LogP contribution < -0.4 is 11.3 Å². The van der Waals surface area contributed by atoms with E-state index >= 15 is 0 Å². The van der Waals surface area contributed by atoms with Crippen LogP contribution in [0.3, 0.4) is 0 Å². The lowest BCUT2D eigenvalue weighted by atomic mass is 10.2. The van der Waals surface area contributed by atoms with Gasteiger partial charge >= 0.3 is 0 Å². The van der Waals surface area contributed by atoms with Gasteiger partial charge in [0, 0.05) is 18.9 Å². The van der Waals surface area contributed by atoms with Crippen LogP contribution in [0.1, 0.15) is 5.56 Å². The Morgan fingerprint density at radius 3 is 3.00 bits per heavy atom. The molecular formula is C12H13ClN6O. The van der Waals surface area contributed by atoms with Crippen molar-refractivity contribution in [1.29, 1.82) is 0 Å². The molecule has 0 saturated heterocycles. The van der Waals surface area contributed by atoms with Gasteiger partial charge in [-0.3, -0.25) is 14.8 Å². The largest absolute Gasteiger partial charge is 0.369 e. The van der Waals surface area contributed by atoms with Crippen LogP contribution in [-0.4, -0.2) is 24.5 Å². The summed E-state index contributed by atoms with van der Waals surface area (Å²) < 4.78 is 1.81. The van der Waals surface area contributed by atoms with E-state index in [0.717, 1.165) is 12.0 Å². The molecule has 0 aliphatic rings. The number of aryl methyl sites for hydroxylation is 2. The maximum absolute atomic E-state index is 11.6. The molecule has 7 nitrogen and oxygen atoms in total. The van der Waals surface area contributed by atoms with Gasteiger partial charge in [0.15, 0.2) is 11.2 Å². The molecule has 8 heteroatoms. The van der Waals surface area contributed by atoms with Crippen molar-refractivity contribution in [3.8, 4) is 0 Å². The molecule has 3 heterocycles. The second-order valence-electron chi connectivity index (χ2n) is 4.17. The Balaban J connectivity index is 0.00000147. The van der Waals surface area contributed by atoms with Gasteiger partial charge in [-0.25, -0.2) is 4.98 Å². The number of hydrogen-bond acceptors (Lipinski definition) is 5. The zero-order valence-corrected chi connectivity index (χ0v) is 11.3. The molecule has 0 bridgehead atoms. The van der Waals surface area contributed by atoms with Crippen molar-refractivity contribution in [1.82, 2.24) is 24.5 Å². The highest BCUT2D eigenvalue weighted by molar-refractivity contribution is 5.85. The number of imidazole rings is 1. The third kappa shape index (κ3) is 2.62. The topological polar surface area (TPSA) is 102 Å². The fourth-order valence-electron chi connectivity index (χ4n) is 1.93. The first-order valence-electron chi connectivity index (χ1n) is 5.83. The molecule has 0 saturated carbocycles. The average molecular weight is 293 g/mol. The van der Waals surface area contributed by atoms with Crippen LogP contribution in [0.5, 0.6) is 0 Å². The maximum atomic E-state index is 11.6. The van der Waals surface area contributed by atoms with Gasteiger partial charge in [-0.1, -0.05) is 6.07 Å². The number of aromatic nitrogens is 5. The third-order valence-corrected chi connectivity index (χ3v) is 2.86. The van der Waals surface area contributed by atoms with Gasteiger partial charge < -0.3 is 10.3 Å². The molecule has 3 aromatic rings. The summed E-state index contributed by atoms with van der Waals surface area (Å²) >= 11 is 0. The summed E-state index contributed by atoms with van der Waals surface area (Å²) in [4.78, 5) is 26.3. The number of nitrogens with two attached hydrogens (primary N) is 1. The molecule has 0 fully saturated rings. The number of fused-ring (bicyclic) bond motifs is 1. The maximum Gasteiger partial charge on any atom is 0.280 e. The number of rotatable bonds is 3. The number of anilines is 1. The quantitative estimate of drug-likeness (QED) is 0.742. The highest BCUT2D eigenvalue weighted by Crippen LogP contribution is 2.08. The molecule has 3 rings (SSSR count). The van der Waals surface area contributed by atoms with E-state index in [1.165, 1.54) is 0 Å². The van der Waals surface area contributed by atoms with Gasteiger partial charge in [0.05, 0.1) is 6.33 Å². The van der Waals surface area contributed by atoms with E-state index in [4.69, 9.17) is 5.73 Å². The Bertz CT molecular complexity index is 766. The standard InChI is InChI=1S/C12H12N6O.ClH/c13-12-16-10-9(11(19)17-12)15-7-18(10)5-3-8-2-1-4-14-6-8;/h1-2,4,6-7H,3,5H2,(H3,13,16,17,19);1H. The van der Waals surface area contributed by atoms with Crippen LogP contribution in [0, 0.1) is 0 Å². The highest BCUT2D eigenvalue weighted by Gasteiger charge is 2.08. The fourth-order valence-corrected chi connectivity index (χ4v) is 1.93. The van der Waals surface area contributed by atoms with Crippen molar-refractivity contribution in [3.05, 3.63) is 46.8 Å². The van der Waals surface area contributed by atoms with Crippen LogP contribution in [0.2, 0.25) is 0 Å². The minimum Gasteiger partial charge on any atom is -0.369 e. The summed E-state index contributed by atoms with van der Waals surface area (Å²) in [6.45, 7) is 0.665. The van der Waals surface area contributed by atoms with Crippen molar-refractivity contribution >= 4 is 29.5 Å². The number of pyridine rings is 1. The molecule has 0 amide bonds. The molecule has 20 heavy (non-hydrogen) atoms. The van der Waals surface area contributed by atoms with E-state index in [0.29, 0.717) is 17.7 Å². The zero-order valence-electron chi connectivity index (χ0n) is 10.5. The first-order chi connectivity index (χ1) is 9.24. The predicted molar refractivity (Wildman–Crippen MR) is 77.8 cm³/mol. The second kappa shape index (κ2) is 5.70. The first-order valence-corrected chi connectivity index (χ1v) is 5.83. The van der Waals surface area contributed by atoms with Crippen LogP contribution in [-0.2, 0) is 13.0 Å². The molecule has 0 unspecified atom stereocenters. The van der Waals surface area contributed by atoms with Gasteiger partial charge in [-0.2, -0.15) is 4.98 Å². The van der Waals surface area contributed by atoms with E-state index in [-0.39, 0.29) is 23.9 Å². The Labute approximate surface area is 120 Å². The lowest BCUT2D eigenvalue weighted by molar-refractivity contribution is 0.708. The van der Waals surface area contributed by atoms with Gasteiger partial charge in [-0.05, 0) is 18.1 Å². The Hall–Kier alpha value is -2.41. The van der Waals surface area contributed by atoms with Crippen LogP contribution in [0.25, 0.3) is 11.2 Å². The van der Waals surface area contributed by atoms with Gasteiger partial charge in [-0.15, -0.1) is 12.4 Å². The molecule has 0 aliphatic carbocycles. The van der Waals surface area contributed by atoms with Crippen molar-refractivity contribution < 1.29 is 0 Å². The summed E-state index contributed by atoms with van der Waals surface area (Å²) in [6.07, 6.45) is 5.93. The lowest BCUT2D eigenvalue weighted by Crippen LogP contribution is -2.12. The summed E-state index contributed by atoms with van der Waals surface area (Å²) in [5.41, 5.74) is 7.15. The summed E-state index contributed by atoms with van der Waals surface area (Å²) in [6, 6.07) is 3.89. The number of halogens is 1. The molecule has 0 spiro atoms. The van der Waals surface area contributed by atoms with Crippen molar-refractivity contribution in [2.75, 3.05) is 5.73 Å². The minimum absolute atomic E-state index is 0. The number of nitrogens with one attached hydrogen (secondary N) is 1. The Morgan fingerprint density at radius 2 is 2.25 bits per heavy atom. The minimum atomic E-state index is -0.317. The fraction of sp³-hybridized carbons (Fsp3) is 0.167. The van der Waals surface area contributed by atoms with Gasteiger partial charge in [0.2, 0.25) is 5.95 Å². The molecule has 0 aromatic carbocycles. The first kappa shape index (κ1) is 14.0. The SMILES string of the molecule is Cl.Nc1nc2c(ncn2CCc2cccnc2)c(=O)[nH]1. The predicted octanol–water partition coefficient (Wildman–Crippen LogP) is 0.761. The summed E-state index contributed by atoms with van der Waals surface area (Å²) in [5, 5.41) is 0. The molecule has 0 atom stereocenters. The second-order valence-corrected chi connectivity index (χ2v) is 4.17. The zero-order chi connectivity index (χ0) is 13.2. The number of hydrogen-bond donors (Lipinski definition) is 2. The van der Waals surface area contributed by atoms with E-state index in [2.05, 4.69) is 19.9 Å². The molecule has 0 aliphatic heterocycles. The summed E-state index contributed by atoms with van der Waals surface area (Å²) in [5.74, 6) is 0.0978. The number of H-pyrrole nitrogens is 1. The lowest BCUT2D eigenvalue weighted by Gasteiger charge is -2.03. The van der Waals surface area contributed by atoms with Gasteiger partial charge in [0.25, 0.3) is 5.56 Å². The van der Waals surface area contributed by atoms with Crippen molar-refractivity contribution in [3.63, 3.8) is 0 Å². The van der Waals surface area contributed by atoms with Crippen molar-refractivity contribution in [2.45, 2.75) is 13.0 Å². The smallest absolute Gasteiger partial charge is 0.280 e. The van der Waals surface area contributed by atoms with Gasteiger partial charge in [0.1, 0.15) is 0 Å². The third-order valence-electron chi connectivity index (χ3n) is 2.86. The highest BCUT2D eigenvalue weighted by atomic mass is 35.5. The number of nitrogens with zero attached hydrogens (tertiary/aromatic N) is 4. The number of nitrogen functional groups attached to an aromatic ring is 1. The van der Waals surface area contributed by atoms with Crippen LogP contribution >= 0.6 is 12.4 Å². The van der Waals surface area contributed by atoms with E-state index in [1.807, 2.05) is 22.9 Å².